The Morgan fingerprint density at radius 1 is 1.44 bits per heavy atom. The van der Waals surface area contributed by atoms with Gasteiger partial charge in [0.15, 0.2) is 5.78 Å². The van der Waals surface area contributed by atoms with Gasteiger partial charge < -0.3 is 4.74 Å². The maximum absolute atomic E-state index is 11.3. The number of carbonyl (C=O) groups excluding carboxylic acids is 1. The molecule has 1 aromatic carbocycles. The highest BCUT2D eigenvalue weighted by atomic mass is 35.5. The van der Waals surface area contributed by atoms with Gasteiger partial charge in [0.05, 0.1) is 6.61 Å². The lowest BCUT2D eigenvalue weighted by molar-refractivity contribution is -0.124. The number of unbranched alkanes of at least 4 members (excludes halogenated alkanes) is 1. The van der Waals surface area contributed by atoms with E-state index >= 15 is 0 Å². The summed E-state index contributed by atoms with van der Waals surface area (Å²) in [4.78, 5) is 11.3. The summed E-state index contributed by atoms with van der Waals surface area (Å²) in [5.41, 5.74) is 0.996. The molecule has 0 aliphatic heterocycles. The van der Waals surface area contributed by atoms with Gasteiger partial charge in [-0.25, -0.2) is 0 Å². The zero-order chi connectivity index (χ0) is 11.8. The molecule has 0 radical (unpaired) electrons. The Balaban J connectivity index is 2.22. The maximum atomic E-state index is 11.3. The number of ether oxygens (including phenoxy) is 1. The number of benzene rings is 1. The molecule has 1 rings (SSSR count). The average Bonchev–Trinajstić information content (AvgIpc) is 2.26. The highest BCUT2D eigenvalue weighted by Crippen LogP contribution is 2.11. The Bertz CT molecular complexity index is 336. The van der Waals surface area contributed by atoms with Crippen molar-refractivity contribution in [2.45, 2.75) is 32.8 Å². The summed E-state index contributed by atoms with van der Waals surface area (Å²) in [7, 11) is 0. The lowest BCUT2D eigenvalue weighted by atomic mass is 10.2. The molecule has 0 unspecified atom stereocenters. The molecular formula is C13H17ClO2. The lowest BCUT2D eigenvalue weighted by Crippen LogP contribution is -2.08. The normalized spacial score (nSPS) is 10.4. The molecule has 88 valence electrons. The van der Waals surface area contributed by atoms with Crippen molar-refractivity contribution in [3.05, 3.63) is 34.9 Å². The number of hydrogen-bond acceptors (Lipinski definition) is 2. The van der Waals surface area contributed by atoms with Crippen molar-refractivity contribution in [3.63, 3.8) is 0 Å². The topological polar surface area (TPSA) is 26.3 Å². The van der Waals surface area contributed by atoms with E-state index in [9.17, 15) is 4.79 Å². The average molecular weight is 241 g/mol. The fraction of sp³-hybridized carbons (Fsp3) is 0.462. The van der Waals surface area contributed by atoms with E-state index in [2.05, 4.69) is 6.92 Å². The van der Waals surface area contributed by atoms with Gasteiger partial charge in [0, 0.05) is 11.4 Å². The van der Waals surface area contributed by atoms with Crippen LogP contribution in [-0.2, 0) is 16.1 Å². The number of Topliss-reactive ketones (excluding diaryl/α,β-unsaturated/α-hetero) is 1. The molecule has 0 saturated heterocycles. The van der Waals surface area contributed by atoms with Crippen LogP contribution in [0, 0.1) is 0 Å². The molecule has 0 aromatic heterocycles. The molecule has 0 saturated carbocycles. The molecule has 0 N–H and O–H groups in total. The van der Waals surface area contributed by atoms with E-state index in [0.29, 0.717) is 18.1 Å². The number of halogens is 1. The lowest BCUT2D eigenvalue weighted by Gasteiger charge is -2.04. The Kier molecular flexibility index (Phi) is 6.12. The van der Waals surface area contributed by atoms with E-state index < -0.39 is 0 Å². The van der Waals surface area contributed by atoms with Crippen molar-refractivity contribution in [1.29, 1.82) is 0 Å². The molecule has 0 aliphatic rings. The number of ketones is 1. The molecule has 1 aromatic rings. The minimum Gasteiger partial charge on any atom is -0.369 e. The zero-order valence-electron chi connectivity index (χ0n) is 9.54. The predicted molar refractivity (Wildman–Crippen MR) is 65.6 cm³/mol. The van der Waals surface area contributed by atoms with E-state index in [-0.39, 0.29) is 12.4 Å². The first-order valence-electron chi connectivity index (χ1n) is 5.56. The second kappa shape index (κ2) is 7.42. The zero-order valence-corrected chi connectivity index (χ0v) is 10.3. The third-order valence-corrected chi connectivity index (χ3v) is 2.47. The third kappa shape index (κ3) is 5.29. The molecular weight excluding hydrogens is 224 g/mol. The Morgan fingerprint density at radius 2 is 2.25 bits per heavy atom. The van der Waals surface area contributed by atoms with Crippen molar-refractivity contribution < 1.29 is 9.53 Å². The summed E-state index contributed by atoms with van der Waals surface area (Å²) in [6, 6.07) is 7.47. The minimum atomic E-state index is 0.170. The van der Waals surface area contributed by atoms with Crippen LogP contribution in [0.1, 0.15) is 31.7 Å². The van der Waals surface area contributed by atoms with E-state index in [4.69, 9.17) is 16.3 Å². The SMILES string of the molecule is CCCCC(=O)COCc1cccc(Cl)c1. The van der Waals surface area contributed by atoms with Gasteiger partial charge in [0.25, 0.3) is 0 Å². The van der Waals surface area contributed by atoms with E-state index in [1.165, 1.54) is 0 Å². The van der Waals surface area contributed by atoms with Crippen molar-refractivity contribution in [2.24, 2.45) is 0 Å². The highest BCUT2D eigenvalue weighted by Gasteiger charge is 2.01. The van der Waals surface area contributed by atoms with Crippen LogP contribution >= 0.6 is 11.6 Å². The predicted octanol–water partition coefficient (Wildman–Crippen LogP) is 3.62. The Labute approximate surface area is 102 Å². The van der Waals surface area contributed by atoms with E-state index in [1.807, 2.05) is 24.3 Å². The van der Waals surface area contributed by atoms with Gasteiger partial charge >= 0.3 is 0 Å². The molecule has 0 bridgehead atoms. The number of rotatable bonds is 7. The van der Waals surface area contributed by atoms with E-state index in [0.717, 1.165) is 18.4 Å². The largest absolute Gasteiger partial charge is 0.369 e. The van der Waals surface area contributed by atoms with Crippen LogP contribution < -0.4 is 0 Å². The molecule has 0 heterocycles. The fourth-order valence-corrected chi connectivity index (χ4v) is 1.57. The van der Waals surface area contributed by atoms with Gasteiger partial charge in [-0.1, -0.05) is 37.1 Å². The van der Waals surface area contributed by atoms with Crippen LogP contribution in [0.2, 0.25) is 5.02 Å². The molecule has 16 heavy (non-hydrogen) atoms. The summed E-state index contributed by atoms with van der Waals surface area (Å²) < 4.78 is 5.33. The van der Waals surface area contributed by atoms with Crippen molar-refractivity contribution in [2.75, 3.05) is 6.61 Å². The summed E-state index contributed by atoms with van der Waals surface area (Å²) in [5.74, 6) is 0.170. The quantitative estimate of drug-likeness (QED) is 0.728. The monoisotopic (exact) mass is 240 g/mol. The van der Waals surface area contributed by atoms with E-state index in [1.54, 1.807) is 0 Å². The van der Waals surface area contributed by atoms with Crippen LogP contribution in [0.15, 0.2) is 24.3 Å². The minimum absolute atomic E-state index is 0.170. The summed E-state index contributed by atoms with van der Waals surface area (Å²) in [6.07, 6.45) is 2.60. The van der Waals surface area contributed by atoms with Crippen LogP contribution in [-0.4, -0.2) is 12.4 Å². The molecule has 3 heteroatoms. The number of carbonyl (C=O) groups is 1. The summed E-state index contributed by atoms with van der Waals surface area (Å²) >= 11 is 5.83. The fourth-order valence-electron chi connectivity index (χ4n) is 1.36. The summed E-state index contributed by atoms with van der Waals surface area (Å²) in [6.45, 7) is 2.71. The first-order chi connectivity index (χ1) is 7.72. The Morgan fingerprint density at radius 3 is 2.94 bits per heavy atom. The second-order valence-corrected chi connectivity index (χ2v) is 4.20. The van der Waals surface area contributed by atoms with Gasteiger partial charge in [-0.05, 0) is 24.1 Å². The van der Waals surface area contributed by atoms with Crippen molar-refractivity contribution >= 4 is 17.4 Å². The van der Waals surface area contributed by atoms with Gasteiger partial charge in [-0.2, -0.15) is 0 Å². The van der Waals surface area contributed by atoms with Crippen LogP contribution in [0.4, 0.5) is 0 Å². The molecule has 0 aliphatic carbocycles. The van der Waals surface area contributed by atoms with Crippen molar-refractivity contribution in [3.8, 4) is 0 Å². The third-order valence-electron chi connectivity index (χ3n) is 2.23. The van der Waals surface area contributed by atoms with Gasteiger partial charge in [-0.3, -0.25) is 4.79 Å². The molecule has 2 nitrogen and oxygen atoms in total. The molecule has 0 fully saturated rings. The first-order valence-corrected chi connectivity index (χ1v) is 5.94. The molecule has 0 amide bonds. The van der Waals surface area contributed by atoms with Crippen LogP contribution in [0.3, 0.4) is 0 Å². The smallest absolute Gasteiger partial charge is 0.158 e. The molecule has 0 spiro atoms. The Hall–Kier alpha value is -0.860. The van der Waals surface area contributed by atoms with Gasteiger partial charge in [-0.15, -0.1) is 0 Å². The highest BCUT2D eigenvalue weighted by molar-refractivity contribution is 6.30. The van der Waals surface area contributed by atoms with Crippen LogP contribution in [0.25, 0.3) is 0 Å². The van der Waals surface area contributed by atoms with Gasteiger partial charge in [0.2, 0.25) is 0 Å². The first kappa shape index (κ1) is 13.2. The number of hydrogen-bond donors (Lipinski definition) is 0. The summed E-state index contributed by atoms with van der Waals surface area (Å²) in [5, 5.41) is 0.693. The molecule has 0 atom stereocenters. The second-order valence-electron chi connectivity index (χ2n) is 3.76. The standard InChI is InChI=1S/C13H17ClO2/c1-2-3-7-13(15)10-16-9-11-5-4-6-12(14)8-11/h4-6,8H,2-3,7,9-10H2,1H3. The van der Waals surface area contributed by atoms with Gasteiger partial charge in [0.1, 0.15) is 6.61 Å². The maximum Gasteiger partial charge on any atom is 0.158 e. The van der Waals surface area contributed by atoms with Crippen LogP contribution in [0.5, 0.6) is 0 Å². The van der Waals surface area contributed by atoms with Crippen molar-refractivity contribution in [1.82, 2.24) is 0 Å².